The number of carbonyl (C=O) groups excluding carboxylic acids is 3. The molecule has 1 aliphatic rings. The molecule has 0 aliphatic carbocycles. The van der Waals surface area contributed by atoms with Gasteiger partial charge in [0.1, 0.15) is 31.0 Å². The molecule has 198 valence electrons. The van der Waals surface area contributed by atoms with Gasteiger partial charge in [0.2, 0.25) is 0 Å². The maximum atomic E-state index is 12.4. The summed E-state index contributed by atoms with van der Waals surface area (Å²) in [6.45, 7) is 4.25. The van der Waals surface area contributed by atoms with Gasteiger partial charge in [0.05, 0.1) is 6.54 Å². The van der Waals surface area contributed by atoms with E-state index in [9.17, 15) is 14.4 Å². The number of amides is 2. The standard InChI is InChI=1S/C28H30N4O5S/c1-17(2)25(29)27(34)37-16-19-5-3-4-18(12-19)15-36-20-6-8-21(9-7-20)38-24-10-11-30-13-22(24)26-23(33)14-31-28(35)32-26/h3-13,17,25-26H,14-16,29H2,1-2H3,(H2,31,32,35)/t25-,26?/m0/s1. The number of pyridine rings is 1. The molecule has 1 fully saturated rings. The van der Waals surface area contributed by atoms with Crippen LogP contribution in [0.1, 0.15) is 36.6 Å². The van der Waals surface area contributed by atoms with Crippen LogP contribution in [0, 0.1) is 5.92 Å². The molecule has 3 aromatic rings. The molecular formula is C28H30N4O5S. The van der Waals surface area contributed by atoms with Gasteiger partial charge in [0.25, 0.3) is 0 Å². The highest BCUT2D eigenvalue weighted by Gasteiger charge is 2.29. The van der Waals surface area contributed by atoms with Crippen molar-refractivity contribution >= 4 is 29.5 Å². The zero-order chi connectivity index (χ0) is 27.1. The van der Waals surface area contributed by atoms with Crippen molar-refractivity contribution in [1.29, 1.82) is 0 Å². The minimum atomic E-state index is -0.728. The highest BCUT2D eigenvalue weighted by atomic mass is 32.2. The van der Waals surface area contributed by atoms with E-state index in [2.05, 4.69) is 15.6 Å². The molecule has 1 aromatic heterocycles. The summed E-state index contributed by atoms with van der Waals surface area (Å²) in [5.74, 6) is 0.181. The van der Waals surface area contributed by atoms with Gasteiger partial charge in [-0.2, -0.15) is 0 Å². The number of ether oxygens (including phenoxy) is 2. The van der Waals surface area contributed by atoms with Crippen LogP contribution in [0.15, 0.2) is 76.8 Å². The molecule has 2 aromatic carbocycles. The van der Waals surface area contributed by atoms with Crippen LogP contribution in [0.3, 0.4) is 0 Å². The summed E-state index contributed by atoms with van der Waals surface area (Å²) in [6, 6.07) is 15.4. The Morgan fingerprint density at radius 3 is 2.58 bits per heavy atom. The van der Waals surface area contributed by atoms with Gasteiger partial charge >= 0.3 is 12.0 Å². The number of ketones is 1. The van der Waals surface area contributed by atoms with E-state index in [0.29, 0.717) is 17.9 Å². The van der Waals surface area contributed by atoms with E-state index in [1.165, 1.54) is 11.8 Å². The number of nitrogens with two attached hydrogens (primary N) is 1. The lowest BCUT2D eigenvalue weighted by Gasteiger charge is -2.24. The van der Waals surface area contributed by atoms with Crippen LogP contribution in [0.2, 0.25) is 0 Å². The van der Waals surface area contributed by atoms with E-state index in [-0.39, 0.29) is 30.9 Å². The van der Waals surface area contributed by atoms with E-state index in [0.717, 1.165) is 20.9 Å². The summed E-state index contributed by atoms with van der Waals surface area (Å²) in [5, 5.41) is 5.16. The fourth-order valence-electron chi connectivity index (χ4n) is 3.72. The Morgan fingerprint density at radius 2 is 1.84 bits per heavy atom. The number of urea groups is 1. The van der Waals surface area contributed by atoms with Gasteiger partial charge in [-0.1, -0.05) is 43.8 Å². The van der Waals surface area contributed by atoms with Gasteiger partial charge in [-0.25, -0.2) is 4.79 Å². The van der Waals surface area contributed by atoms with Gasteiger partial charge < -0.3 is 25.8 Å². The molecule has 4 N–H and O–H groups in total. The second kappa shape index (κ2) is 12.6. The van der Waals surface area contributed by atoms with Crippen molar-refractivity contribution in [3.8, 4) is 5.75 Å². The van der Waals surface area contributed by atoms with E-state index in [1.54, 1.807) is 12.4 Å². The minimum Gasteiger partial charge on any atom is -0.489 e. The smallest absolute Gasteiger partial charge is 0.323 e. The van der Waals surface area contributed by atoms with Gasteiger partial charge in [-0.05, 0) is 53.4 Å². The van der Waals surface area contributed by atoms with Crippen molar-refractivity contribution in [3.05, 3.63) is 83.7 Å². The molecule has 2 atom stereocenters. The predicted octanol–water partition coefficient (Wildman–Crippen LogP) is 3.76. The average Bonchev–Trinajstić information content (AvgIpc) is 2.93. The number of rotatable bonds is 10. The van der Waals surface area contributed by atoms with Crippen LogP contribution < -0.4 is 21.1 Å². The molecule has 4 rings (SSSR count). The minimum absolute atomic E-state index is 0.0120. The molecule has 38 heavy (non-hydrogen) atoms. The summed E-state index contributed by atoms with van der Waals surface area (Å²) in [6.07, 6.45) is 3.27. The molecule has 10 heteroatoms. The lowest BCUT2D eigenvalue weighted by Crippen LogP contribution is -2.50. The third-order valence-electron chi connectivity index (χ3n) is 5.96. The van der Waals surface area contributed by atoms with Crippen molar-refractivity contribution < 1.29 is 23.9 Å². The third kappa shape index (κ3) is 7.11. The monoisotopic (exact) mass is 534 g/mol. The van der Waals surface area contributed by atoms with Crippen LogP contribution in [-0.2, 0) is 27.5 Å². The van der Waals surface area contributed by atoms with Crippen LogP contribution in [0.4, 0.5) is 4.79 Å². The van der Waals surface area contributed by atoms with Crippen molar-refractivity contribution in [2.45, 2.75) is 48.9 Å². The number of carbonyl (C=O) groups is 3. The van der Waals surface area contributed by atoms with Crippen molar-refractivity contribution in [1.82, 2.24) is 15.6 Å². The number of hydrogen-bond acceptors (Lipinski definition) is 8. The fraction of sp³-hybridized carbons (Fsp3) is 0.286. The summed E-state index contributed by atoms with van der Waals surface area (Å²) in [5.41, 5.74) is 8.31. The van der Waals surface area contributed by atoms with Crippen LogP contribution in [-0.4, -0.2) is 35.4 Å². The normalized spacial score (nSPS) is 15.9. The number of esters is 1. The molecule has 0 saturated carbocycles. The van der Waals surface area contributed by atoms with Crippen LogP contribution >= 0.6 is 11.8 Å². The van der Waals surface area contributed by atoms with Gasteiger partial charge in [0.15, 0.2) is 5.78 Å². The first kappa shape index (κ1) is 27.2. The summed E-state index contributed by atoms with van der Waals surface area (Å²) < 4.78 is 11.3. The van der Waals surface area contributed by atoms with Crippen molar-refractivity contribution in [3.63, 3.8) is 0 Å². The number of nitrogens with zero attached hydrogens (tertiary/aromatic N) is 1. The Morgan fingerprint density at radius 1 is 1.11 bits per heavy atom. The number of nitrogens with one attached hydrogen (secondary N) is 2. The zero-order valence-corrected chi connectivity index (χ0v) is 22.0. The molecular weight excluding hydrogens is 504 g/mol. The fourth-order valence-corrected chi connectivity index (χ4v) is 4.66. The maximum Gasteiger partial charge on any atom is 0.323 e. The molecule has 1 unspecified atom stereocenters. The van der Waals surface area contributed by atoms with Crippen LogP contribution in [0.5, 0.6) is 5.75 Å². The number of aromatic nitrogens is 1. The molecule has 2 heterocycles. The molecule has 2 amide bonds. The second-order valence-electron chi connectivity index (χ2n) is 9.20. The van der Waals surface area contributed by atoms with E-state index >= 15 is 0 Å². The lowest BCUT2D eigenvalue weighted by molar-refractivity contribution is -0.147. The Hall–Kier alpha value is -3.89. The van der Waals surface area contributed by atoms with E-state index in [1.807, 2.05) is 68.4 Å². The summed E-state index contributed by atoms with van der Waals surface area (Å²) >= 11 is 1.48. The average molecular weight is 535 g/mol. The van der Waals surface area contributed by atoms with Gasteiger partial charge in [-0.3, -0.25) is 14.6 Å². The molecule has 1 aliphatic heterocycles. The van der Waals surface area contributed by atoms with Crippen LogP contribution in [0.25, 0.3) is 0 Å². The molecule has 0 bridgehead atoms. The third-order valence-corrected chi connectivity index (χ3v) is 7.06. The molecule has 9 nitrogen and oxygen atoms in total. The quantitative estimate of drug-likeness (QED) is 0.335. The predicted molar refractivity (Wildman–Crippen MR) is 142 cm³/mol. The maximum absolute atomic E-state index is 12.4. The number of hydrogen-bond donors (Lipinski definition) is 3. The first-order valence-electron chi connectivity index (χ1n) is 12.2. The Kier molecular flexibility index (Phi) is 8.98. The Bertz CT molecular complexity index is 1300. The second-order valence-corrected chi connectivity index (χ2v) is 10.3. The summed E-state index contributed by atoms with van der Waals surface area (Å²) in [7, 11) is 0. The van der Waals surface area contributed by atoms with Crippen molar-refractivity contribution in [2.24, 2.45) is 11.7 Å². The molecule has 0 spiro atoms. The highest BCUT2D eigenvalue weighted by Crippen LogP contribution is 2.34. The lowest BCUT2D eigenvalue weighted by atomic mass is 10.0. The topological polar surface area (TPSA) is 133 Å². The first-order valence-corrected chi connectivity index (χ1v) is 13.0. The first-order chi connectivity index (χ1) is 18.3. The van der Waals surface area contributed by atoms with E-state index in [4.69, 9.17) is 15.2 Å². The summed E-state index contributed by atoms with van der Waals surface area (Å²) in [4.78, 5) is 42.0. The Labute approximate surface area is 225 Å². The van der Waals surface area contributed by atoms with Gasteiger partial charge in [0, 0.05) is 27.7 Å². The zero-order valence-electron chi connectivity index (χ0n) is 21.2. The SMILES string of the molecule is CC(C)[C@H](N)C(=O)OCc1cccc(COc2ccc(Sc3ccncc3C3NC(=O)NCC3=O)cc2)c1. The van der Waals surface area contributed by atoms with Crippen molar-refractivity contribution in [2.75, 3.05) is 6.54 Å². The molecule has 0 radical (unpaired) electrons. The van der Waals surface area contributed by atoms with Gasteiger partial charge in [-0.15, -0.1) is 0 Å². The van der Waals surface area contributed by atoms with E-state index < -0.39 is 18.1 Å². The largest absolute Gasteiger partial charge is 0.489 e. The number of Topliss-reactive ketones (excluding diaryl/α,β-unsaturated/α-hetero) is 1. The highest BCUT2D eigenvalue weighted by molar-refractivity contribution is 7.99. The number of benzene rings is 2. The molecule has 1 saturated heterocycles. The Balaban J connectivity index is 1.34.